The Hall–Kier alpha value is -2.15. The standard InChI is InChI=1S/C13H15ClN2O5/c1-13(2,7-12(18)19)6-11(17)15-10-5-8(16(20)21)3-4-9(10)14/h3-5H,6-7H2,1-2H3,(H,15,17)(H,18,19). The topological polar surface area (TPSA) is 110 Å². The number of halogens is 1. The van der Waals surface area contributed by atoms with Crippen LogP contribution in [0, 0.1) is 15.5 Å². The van der Waals surface area contributed by atoms with E-state index in [1.165, 1.54) is 12.1 Å². The Morgan fingerprint density at radius 2 is 2.00 bits per heavy atom. The first kappa shape index (κ1) is 16.9. The molecule has 0 unspecified atom stereocenters. The van der Waals surface area contributed by atoms with Gasteiger partial charge in [0.05, 0.1) is 22.1 Å². The number of carboxylic acid groups (broad SMARTS) is 1. The molecule has 21 heavy (non-hydrogen) atoms. The van der Waals surface area contributed by atoms with Crippen LogP contribution in [0.2, 0.25) is 5.02 Å². The van der Waals surface area contributed by atoms with Gasteiger partial charge in [0.2, 0.25) is 5.91 Å². The Morgan fingerprint density at radius 3 is 2.52 bits per heavy atom. The van der Waals surface area contributed by atoms with Gasteiger partial charge in [-0.25, -0.2) is 0 Å². The molecule has 0 saturated heterocycles. The lowest BCUT2D eigenvalue weighted by Crippen LogP contribution is -2.24. The molecule has 0 bridgehead atoms. The zero-order valence-electron chi connectivity index (χ0n) is 11.6. The van der Waals surface area contributed by atoms with E-state index in [0.29, 0.717) is 0 Å². The van der Waals surface area contributed by atoms with Crippen molar-refractivity contribution in [3.05, 3.63) is 33.3 Å². The summed E-state index contributed by atoms with van der Waals surface area (Å²) in [6.45, 7) is 3.30. The van der Waals surface area contributed by atoms with Gasteiger partial charge in [0.25, 0.3) is 5.69 Å². The number of anilines is 1. The molecule has 0 aromatic heterocycles. The fourth-order valence-corrected chi connectivity index (χ4v) is 1.99. The highest BCUT2D eigenvalue weighted by Crippen LogP contribution is 2.29. The highest BCUT2D eigenvalue weighted by Gasteiger charge is 2.25. The monoisotopic (exact) mass is 314 g/mol. The Morgan fingerprint density at radius 1 is 1.38 bits per heavy atom. The van der Waals surface area contributed by atoms with Gasteiger partial charge in [-0.3, -0.25) is 19.7 Å². The van der Waals surface area contributed by atoms with Crippen molar-refractivity contribution >= 4 is 34.9 Å². The average molecular weight is 315 g/mol. The lowest BCUT2D eigenvalue weighted by atomic mass is 9.85. The number of nitrogens with zero attached hydrogens (tertiary/aromatic N) is 1. The van der Waals surface area contributed by atoms with Crippen molar-refractivity contribution < 1.29 is 19.6 Å². The van der Waals surface area contributed by atoms with Gasteiger partial charge in [-0.1, -0.05) is 25.4 Å². The van der Waals surface area contributed by atoms with Crippen LogP contribution >= 0.6 is 11.6 Å². The average Bonchev–Trinajstić information content (AvgIpc) is 2.28. The predicted octanol–water partition coefficient (Wildman–Crippen LogP) is 3.08. The third kappa shape index (κ3) is 5.39. The molecule has 2 N–H and O–H groups in total. The summed E-state index contributed by atoms with van der Waals surface area (Å²) in [6, 6.07) is 3.70. The Labute approximate surface area is 126 Å². The van der Waals surface area contributed by atoms with Crippen LogP contribution in [0.5, 0.6) is 0 Å². The number of nitrogens with one attached hydrogen (secondary N) is 1. The second kappa shape index (κ2) is 6.53. The molecule has 8 heteroatoms. The molecule has 0 aliphatic carbocycles. The maximum Gasteiger partial charge on any atom is 0.303 e. The zero-order valence-corrected chi connectivity index (χ0v) is 12.3. The number of hydrogen-bond acceptors (Lipinski definition) is 4. The molecule has 1 aromatic carbocycles. The van der Waals surface area contributed by atoms with Crippen LogP contribution in [0.4, 0.5) is 11.4 Å². The molecule has 0 aliphatic heterocycles. The number of aliphatic carboxylic acids is 1. The Kier molecular flexibility index (Phi) is 5.26. The number of carbonyl (C=O) groups excluding carboxylic acids is 1. The summed E-state index contributed by atoms with van der Waals surface area (Å²) in [5, 5.41) is 22.1. The molecule has 0 atom stereocenters. The van der Waals surface area contributed by atoms with Gasteiger partial charge >= 0.3 is 5.97 Å². The van der Waals surface area contributed by atoms with E-state index in [9.17, 15) is 19.7 Å². The van der Waals surface area contributed by atoms with Crippen molar-refractivity contribution in [3.8, 4) is 0 Å². The number of carbonyl (C=O) groups is 2. The largest absolute Gasteiger partial charge is 0.481 e. The second-order valence-corrected chi connectivity index (χ2v) is 5.79. The first-order chi connectivity index (χ1) is 9.60. The summed E-state index contributed by atoms with van der Waals surface area (Å²) < 4.78 is 0. The minimum atomic E-state index is -0.999. The number of amides is 1. The van der Waals surface area contributed by atoms with Crippen LogP contribution in [-0.4, -0.2) is 21.9 Å². The Balaban J connectivity index is 2.81. The molecule has 0 radical (unpaired) electrons. The van der Waals surface area contributed by atoms with Gasteiger partial charge in [0, 0.05) is 18.6 Å². The highest BCUT2D eigenvalue weighted by molar-refractivity contribution is 6.33. The third-order valence-corrected chi connectivity index (χ3v) is 3.03. The van der Waals surface area contributed by atoms with Crippen LogP contribution in [0.1, 0.15) is 26.7 Å². The van der Waals surface area contributed by atoms with E-state index in [1.54, 1.807) is 13.8 Å². The van der Waals surface area contributed by atoms with E-state index in [2.05, 4.69) is 5.32 Å². The number of nitro benzene ring substituents is 1. The molecule has 1 rings (SSSR count). The molecular formula is C13H15ClN2O5. The SMILES string of the molecule is CC(C)(CC(=O)O)CC(=O)Nc1cc([N+](=O)[O-])ccc1Cl. The number of non-ortho nitro benzene ring substituents is 1. The summed E-state index contributed by atoms with van der Waals surface area (Å²) in [7, 11) is 0. The predicted molar refractivity (Wildman–Crippen MR) is 77.4 cm³/mol. The summed E-state index contributed by atoms with van der Waals surface area (Å²) >= 11 is 5.87. The van der Waals surface area contributed by atoms with E-state index in [0.717, 1.165) is 6.07 Å². The minimum absolute atomic E-state index is 0.0433. The molecule has 0 heterocycles. The summed E-state index contributed by atoms with van der Waals surface area (Å²) in [6.07, 6.45) is -0.207. The van der Waals surface area contributed by atoms with E-state index in [4.69, 9.17) is 16.7 Å². The maximum absolute atomic E-state index is 11.9. The second-order valence-electron chi connectivity index (χ2n) is 5.38. The fraction of sp³-hybridized carbons (Fsp3) is 0.385. The van der Waals surface area contributed by atoms with Crippen molar-refractivity contribution in [2.45, 2.75) is 26.7 Å². The number of nitro groups is 1. The highest BCUT2D eigenvalue weighted by atomic mass is 35.5. The van der Waals surface area contributed by atoms with Crippen molar-refractivity contribution in [2.24, 2.45) is 5.41 Å². The smallest absolute Gasteiger partial charge is 0.303 e. The van der Waals surface area contributed by atoms with Gasteiger partial charge in [0.15, 0.2) is 0 Å². The molecule has 114 valence electrons. The van der Waals surface area contributed by atoms with Crippen molar-refractivity contribution in [2.75, 3.05) is 5.32 Å². The molecule has 0 fully saturated rings. The van der Waals surface area contributed by atoms with Gasteiger partial charge in [-0.2, -0.15) is 0 Å². The summed E-state index contributed by atoms with van der Waals surface area (Å²) in [4.78, 5) is 32.7. The number of benzene rings is 1. The number of hydrogen-bond donors (Lipinski definition) is 2. The van der Waals surface area contributed by atoms with Crippen LogP contribution in [0.3, 0.4) is 0 Å². The zero-order chi connectivity index (χ0) is 16.2. The van der Waals surface area contributed by atoms with E-state index >= 15 is 0 Å². The molecule has 0 spiro atoms. The van der Waals surface area contributed by atoms with E-state index < -0.39 is 22.2 Å². The molecule has 1 aromatic rings. The van der Waals surface area contributed by atoms with Crippen molar-refractivity contribution in [1.29, 1.82) is 0 Å². The minimum Gasteiger partial charge on any atom is -0.481 e. The molecule has 0 saturated carbocycles. The third-order valence-electron chi connectivity index (χ3n) is 2.70. The fourth-order valence-electron chi connectivity index (χ4n) is 1.82. The van der Waals surface area contributed by atoms with Crippen molar-refractivity contribution in [1.82, 2.24) is 0 Å². The van der Waals surface area contributed by atoms with Gasteiger partial charge in [-0.05, 0) is 11.5 Å². The van der Waals surface area contributed by atoms with Crippen LogP contribution in [0.15, 0.2) is 18.2 Å². The van der Waals surface area contributed by atoms with E-state index in [-0.39, 0.29) is 29.2 Å². The molecular weight excluding hydrogens is 300 g/mol. The summed E-state index contributed by atoms with van der Waals surface area (Å²) in [5.41, 5.74) is -0.801. The van der Waals surface area contributed by atoms with Gasteiger partial charge in [-0.15, -0.1) is 0 Å². The molecule has 7 nitrogen and oxygen atoms in total. The molecule has 0 aliphatic rings. The van der Waals surface area contributed by atoms with Crippen LogP contribution in [-0.2, 0) is 9.59 Å². The van der Waals surface area contributed by atoms with E-state index in [1.807, 2.05) is 0 Å². The summed E-state index contributed by atoms with van der Waals surface area (Å²) in [5.74, 6) is -1.45. The lowest BCUT2D eigenvalue weighted by Gasteiger charge is -2.21. The van der Waals surface area contributed by atoms with Crippen LogP contribution < -0.4 is 5.32 Å². The van der Waals surface area contributed by atoms with Crippen LogP contribution in [0.25, 0.3) is 0 Å². The first-order valence-electron chi connectivity index (χ1n) is 6.06. The normalized spacial score (nSPS) is 11.0. The maximum atomic E-state index is 11.9. The number of carboxylic acids is 1. The molecule has 1 amide bonds. The number of rotatable bonds is 6. The van der Waals surface area contributed by atoms with Gasteiger partial charge in [0.1, 0.15) is 0 Å². The van der Waals surface area contributed by atoms with Crippen molar-refractivity contribution in [3.63, 3.8) is 0 Å². The lowest BCUT2D eigenvalue weighted by molar-refractivity contribution is -0.384. The van der Waals surface area contributed by atoms with Gasteiger partial charge < -0.3 is 10.4 Å². The Bertz CT molecular complexity index is 586. The first-order valence-corrected chi connectivity index (χ1v) is 6.44. The quantitative estimate of drug-likeness (QED) is 0.619.